The molecule has 0 aliphatic heterocycles. The summed E-state index contributed by atoms with van der Waals surface area (Å²) < 4.78 is 0. The van der Waals surface area contributed by atoms with E-state index in [2.05, 4.69) is 4.99 Å². The zero-order valence-electron chi connectivity index (χ0n) is 10.4. The maximum Gasteiger partial charge on any atom is 0.184 e. The van der Waals surface area contributed by atoms with Crippen molar-refractivity contribution in [3.63, 3.8) is 0 Å². The summed E-state index contributed by atoms with van der Waals surface area (Å²) in [5, 5.41) is 9.75. The van der Waals surface area contributed by atoms with E-state index in [9.17, 15) is 9.90 Å². The first-order valence-corrected chi connectivity index (χ1v) is 6.32. The number of benzene rings is 1. The quantitative estimate of drug-likeness (QED) is 0.788. The van der Waals surface area contributed by atoms with Crippen molar-refractivity contribution in [3.05, 3.63) is 45.5 Å². The number of hydrogen-bond donors (Lipinski definition) is 1. The molecule has 3 nitrogen and oxygen atoms in total. The Morgan fingerprint density at radius 2 is 1.53 bits per heavy atom. The van der Waals surface area contributed by atoms with Gasteiger partial charge < -0.3 is 5.11 Å². The highest BCUT2D eigenvalue weighted by atomic mass is 35.5. The minimum atomic E-state index is -0.162. The molecule has 0 bridgehead atoms. The molecule has 1 aromatic carbocycles. The molecular weight excluding hydrogens is 285 g/mol. The number of nitrogens with zero attached hydrogens (tertiary/aromatic N) is 1. The van der Waals surface area contributed by atoms with E-state index >= 15 is 0 Å². The molecule has 0 atom stereocenters. The third-order valence-corrected chi connectivity index (χ3v) is 3.28. The summed E-state index contributed by atoms with van der Waals surface area (Å²) in [6.07, 6.45) is 3.40. The second-order valence-electron chi connectivity index (χ2n) is 4.28. The number of allylic oxidation sites excluding steroid dienone is 4. The predicted molar refractivity (Wildman–Crippen MR) is 77.7 cm³/mol. The van der Waals surface area contributed by atoms with Crippen LogP contribution in [0.3, 0.4) is 0 Å². The van der Waals surface area contributed by atoms with E-state index in [0.29, 0.717) is 22.5 Å². The Morgan fingerprint density at radius 3 is 2.00 bits per heavy atom. The lowest BCUT2D eigenvalue weighted by Gasteiger charge is -2.09. The number of hydrogen-bond acceptors (Lipinski definition) is 3. The number of ketones is 1. The van der Waals surface area contributed by atoms with E-state index in [0.717, 1.165) is 0 Å². The number of carbonyl (C=O) groups is 1. The number of phenols is 1. The van der Waals surface area contributed by atoms with Crippen LogP contribution in [0, 0.1) is 0 Å². The second-order valence-corrected chi connectivity index (χ2v) is 5.09. The average Bonchev–Trinajstić information content (AvgIpc) is 2.33. The highest BCUT2D eigenvalue weighted by molar-refractivity contribution is 6.37. The molecule has 0 spiro atoms. The normalized spacial score (nSPS) is 15.2. The van der Waals surface area contributed by atoms with Crippen molar-refractivity contribution >= 4 is 40.4 Å². The van der Waals surface area contributed by atoms with Gasteiger partial charge in [0.2, 0.25) is 0 Å². The lowest BCUT2D eigenvalue weighted by Crippen LogP contribution is -2.10. The van der Waals surface area contributed by atoms with Gasteiger partial charge in [0, 0.05) is 0 Å². The third-order valence-electron chi connectivity index (χ3n) is 2.70. The molecule has 0 aromatic heterocycles. The Hall–Kier alpha value is -1.58. The second kappa shape index (κ2) is 5.19. The molecule has 1 aliphatic carbocycles. The van der Waals surface area contributed by atoms with Crippen molar-refractivity contribution in [2.24, 2.45) is 4.99 Å². The van der Waals surface area contributed by atoms with Gasteiger partial charge in [0.25, 0.3) is 0 Å². The van der Waals surface area contributed by atoms with Gasteiger partial charge in [-0.3, -0.25) is 4.79 Å². The van der Waals surface area contributed by atoms with Crippen LogP contribution in [0.25, 0.3) is 0 Å². The van der Waals surface area contributed by atoms with Gasteiger partial charge in [-0.15, -0.1) is 0 Å². The largest absolute Gasteiger partial charge is 0.505 e. The summed E-state index contributed by atoms with van der Waals surface area (Å²) in [5.74, 6) is -0.148. The molecule has 0 unspecified atom stereocenters. The lowest BCUT2D eigenvalue weighted by molar-refractivity contribution is -0.112. The highest BCUT2D eigenvalue weighted by Gasteiger charge is 2.14. The van der Waals surface area contributed by atoms with E-state index < -0.39 is 0 Å². The summed E-state index contributed by atoms with van der Waals surface area (Å²) in [6.45, 7) is 3.48. The molecule has 0 fully saturated rings. The van der Waals surface area contributed by atoms with Crippen molar-refractivity contribution in [1.29, 1.82) is 0 Å². The van der Waals surface area contributed by atoms with Crippen LogP contribution < -0.4 is 0 Å². The Balaban J connectivity index is 2.45. The predicted octanol–water partition coefficient (Wildman–Crippen LogP) is 4.25. The first-order valence-electron chi connectivity index (χ1n) is 5.56. The number of carbonyl (C=O) groups excluding carboxylic acids is 1. The summed E-state index contributed by atoms with van der Waals surface area (Å²) in [4.78, 5) is 16.0. The van der Waals surface area contributed by atoms with E-state index in [1.54, 1.807) is 26.0 Å². The smallest absolute Gasteiger partial charge is 0.184 e. The number of aliphatic imine (C=N–C) groups is 1. The van der Waals surface area contributed by atoms with Gasteiger partial charge in [-0.05, 0) is 49.3 Å². The molecule has 1 aromatic rings. The number of rotatable bonds is 1. The number of phenolic OH excluding ortho intramolecular Hbond substituents is 1. The summed E-state index contributed by atoms with van der Waals surface area (Å²) in [6, 6.07) is 3.02. The van der Waals surface area contributed by atoms with Crippen LogP contribution >= 0.6 is 23.2 Å². The fourth-order valence-corrected chi connectivity index (χ4v) is 2.23. The van der Waals surface area contributed by atoms with Gasteiger partial charge in [0.1, 0.15) is 0 Å². The van der Waals surface area contributed by atoms with Gasteiger partial charge in [-0.2, -0.15) is 0 Å². The minimum Gasteiger partial charge on any atom is -0.505 e. The standard InChI is InChI=1S/C14H11Cl2NO2/c1-7-3-9(4-8(2)13(7)18)17-10-5-11(15)14(19)12(16)6-10/h3-6,19H,1-2H3. The Labute approximate surface area is 120 Å². The van der Waals surface area contributed by atoms with E-state index in [1.165, 1.54) is 12.1 Å². The Bertz CT molecular complexity index is 610. The van der Waals surface area contributed by atoms with Crippen molar-refractivity contribution < 1.29 is 9.90 Å². The summed E-state index contributed by atoms with van der Waals surface area (Å²) in [5.41, 5.74) is 2.43. The molecule has 0 saturated heterocycles. The van der Waals surface area contributed by atoms with Crippen LogP contribution in [-0.4, -0.2) is 16.6 Å². The minimum absolute atomic E-state index is 0.0146. The molecule has 5 heteroatoms. The number of Topliss-reactive ketones (excluding diaryl/α,β-unsaturated/α-hetero) is 1. The topological polar surface area (TPSA) is 49.7 Å². The highest BCUT2D eigenvalue weighted by Crippen LogP contribution is 2.35. The van der Waals surface area contributed by atoms with Gasteiger partial charge in [0.15, 0.2) is 11.5 Å². The van der Waals surface area contributed by atoms with Crippen molar-refractivity contribution in [2.45, 2.75) is 13.8 Å². The average molecular weight is 296 g/mol. The first kappa shape index (κ1) is 13.8. The van der Waals surface area contributed by atoms with Crippen molar-refractivity contribution in [2.75, 3.05) is 0 Å². The van der Waals surface area contributed by atoms with Crippen molar-refractivity contribution in [1.82, 2.24) is 0 Å². The fraction of sp³-hybridized carbons (Fsp3) is 0.143. The van der Waals surface area contributed by atoms with E-state index in [4.69, 9.17) is 23.2 Å². The van der Waals surface area contributed by atoms with Crippen LogP contribution in [0.4, 0.5) is 5.69 Å². The van der Waals surface area contributed by atoms with Gasteiger partial charge in [-0.25, -0.2) is 4.99 Å². The first-order chi connectivity index (χ1) is 8.88. The molecule has 0 saturated carbocycles. The SMILES string of the molecule is CC1=CC(=Nc2cc(Cl)c(O)c(Cl)c2)C=C(C)C1=O. The van der Waals surface area contributed by atoms with Crippen LogP contribution in [0.5, 0.6) is 5.75 Å². The fourth-order valence-electron chi connectivity index (χ4n) is 1.76. The zero-order valence-corrected chi connectivity index (χ0v) is 11.9. The van der Waals surface area contributed by atoms with E-state index in [-0.39, 0.29) is 21.6 Å². The molecule has 1 N–H and O–H groups in total. The molecule has 1 aliphatic rings. The maximum absolute atomic E-state index is 11.6. The molecule has 0 amide bonds. The lowest BCUT2D eigenvalue weighted by atomic mass is 9.98. The summed E-state index contributed by atoms with van der Waals surface area (Å²) >= 11 is 11.7. The molecular formula is C14H11Cl2NO2. The third kappa shape index (κ3) is 2.88. The maximum atomic E-state index is 11.6. The van der Waals surface area contributed by atoms with Crippen LogP contribution in [0.1, 0.15) is 13.8 Å². The van der Waals surface area contributed by atoms with Gasteiger partial charge in [0.05, 0.1) is 21.4 Å². The molecule has 19 heavy (non-hydrogen) atoms. The summed E-state index contributed by atoms with van der Waals surface area (Å²) in [7, 11) is 0. The van der Waals surface area contributed by atoms with Gasteiger partial charge >= 0.3 is 0 Å². The number of halogens is 2. The number of aromatic hydroxyl groups is 1. The molecule has 98 valence electrons. The van der Waals surface area contributed by atoms with Crippen molar-refractivity contribution in [3.8, 4) is 5.75 Å². The van der Waals surface area contributed by atoms with Crippen LogP contribution in [0.2, 0.25) is 10.0 Å². The molecule has 0 radical (unpaired) electrons. The Kier molecular flexibility index (Phi) is 3.78. The van der Waals surface area contributed by atoms with Gasteiger partial charge in [-0.1, -0.05) is 23.2 Å². The van der Waals surface area contributed by atoms with E-state index in [1.807, 2.05) is 0 Å². The Morgan fingerprint density at radius 1 is 1.05 bits per heavy atom. The van der Waals surface area contributed by atoms with Crippen LogP contribution in [0.15, 0.2) is 40.4 Å². The molecule has 2 rings (SSSR count). The van der Waals surface area contributed by atoms with Crippen LogP contribution in [-0.2, 0) is 4.79 Å². The molecule has 0 heterocycles. The monoisotopic (exact) mass is 295 g/mol. The zero-order chi connectivity index (χ0) is 14.2.